The molecular weight excluding hydrogens is 122 g/mol. The van der Waals surface area contributed by atoms with Gasteiger partial charge in [0.1, 0.15) is 0 Å². The fourth-order valence-corrected chi connectivity index (χ4v) is 0.856. The van der Waals surface area contributed by atoms with Gasteiger partial charge in [0, 0.05) is 17.8 Å². The lowest BCUT2D eigenvalue weighted by Gasteiger charge is -1.97. The highest BCUT2D eigenvalue weighted by molar-refractivity contribution is 5.16. The van der Waals surface area contributed by atoms with E-state index in [0.29, 0.717) is 0 Å². The van der Waals surface area contributed by atoms with Crippen molar-refractivity contribution in [3.63, 3.8) is 0 Å². The largest absolute Gasteiger partial charge is 0.258 e. The third-order valence-electron chi connectivity index (χ3n) is 1.49. The molecule has 1 aromatic heterocycles. The molecule has 0 aliphatic rings. The minimum absolute atomic E-state index is 1.02. The molecule has 0 unspecified atom stereocenters. The standard InChI is InChI=1S/C9H12N/c1-3-8-6-5-7-9(4-2)10-8/h3,5-7H,4H2,1-2H3. The Morgan fingerprint density at radius 1 is 1.50 bits per heavy atom. The quantitative estimate of drug-likeness (QED) is 0.604. The van der Waals surface area contributed by atoms with Crippen LogP contribution < -0.4 is 0 Å². The van der Waals surface area contributed by atoms with Crippen molar-refractivity contribution in [3.8, 4) is 0 Å². The lowest BCUT2D eigenvalue weighted by atomic mass is 10.2. The molecule has 0 aliphatic carbocycles. The second-order valence-electron chi connectivity index (χ2n) is 2.20. The summed E-state index contributed by atoms with van der Waals surface area (Å²) in [5.41, 5.74) is 2.23. The molecule has 0 saturated carbocycles. The van der Waals surface area contributed by atoms with Gasteiger partial charge in [0.2, 0.25) is 0 Å². The molecule has 1 nitrogen and oxygen atoms in total. The summed E-state index contributed by atoms with van der Waals surface area (Å²) in [7, 11) is 0. The Morgan fingerprint density at radius 3 is 2.90 bits per heavy atom. The first kappa shape index (κ1) is 7.26. The number of hydrogen-bond acceptors (Lipinski definition) is 1. The van der Waals surface area contributed by atoms with Crippen LogP contribution in [0.4, 0.5) is 0 Å². The number of aryl methyl sites for hydroxylation is 1. The van der Waals surface area contributed by atoms with Gasteiger partial charge in [0.05, 0.1) is 0 Å². The SMILES string of the molecule is C[CH]c1cccc(CC)n1. The molecule has 1 aromatic rings. The zero-order chi connectivity index (χ0) is 7.40. The van der Waals surface area contributed by atoms with Crippen molar-refractivity contribution in [3.05, 3.63) is 36.0 Å². The summed E-state index contributed by atoms with van der Waals surface area (Å²) in [6.45, 7) is 4.11. The van der Waals surface area contributed by atoms with E-state index < -0.39 is 0 Å². The van der Waals surface area contributed by atoms with Crippen molar-refractivity contribution < 1.29 is 0 Å². The predicted octanol–water partition coefficient (Wildman–Crippen LogP) is 2.22. The molecule has 0 atom stereocenters. The fourth-order valence-electron chi connectivity index (χ4n) is 0.856. The molecule has 1 rings (SSSR count). The Balaban J connectivity index is 2.87. The average molecular weight is 134 g/mol. The van der Waals surface area contributed by atoms with Crippen molar-refractivity contribution in [2.24, 2.45) is 0 Å². The summed E-state index contributed by atoms with van der Waals surface area (Å²) in [5, 5.41) is 0. The van der Waals surface area contributed by atoms with Crippen LogP contribution in [0.2, 0.25) is 0 Å². The van der Waals surface area contributed by atoms with Gasteiger partial charge in [0.15, 0.2) is 0 Å². The lowest BCUT2D eigenvalue weighted by Crippen LogP contribution is -1.89. The van der Waals surface area contributed by atoms with Gasteiger partial charge >= 0.3 is 0 Å². The molecule has 0 spiro atoms. The zero-order valence-electron chi connectivity index (χ0n) is 6.46. The predicted molar refractivity (Wildman–Crippen MR) is 42.7 cm³/mol. The van der Waals surface area contributed by atoms with Crippen LogP contribution in [0.1, 0.15) is 25.2 Å². The summed E-state index contributed by atoms with van der Waals surface area (Å²) in [6.07, 6.45) is 3.03. The number of hydrogen-bond donors (Lipinski definition) is 0. The van der Waals surface area contributed by atoms with Gasteiger partial charge in [0.25, 0.3) is 0 Å². The third kappa shape index (κ3) is 1.56. The molecule has 0 N–H and O–H groups in total. The van der Waals surface area contributed by atoms with Crippen LogP contribution in [-0.2, 0) is 6.42 Å². The van der Waals surface area contributed by atoms with E-state index in [1.807, 2.05) is 31.5 Å². The Labute approximate surface area is 62.1 Å². The van der Waals surface area contributed by atoms with Crippen LogP contribution in [0.15, 0.2) is 18.2 Å². The molecule has 0 aromatic carbocycles. The molecule has 0 amide bonds. The van der Waals surface area contributed by atoms with Gasteiger partial charge in [-0.15, -0.1) is 0 Å². The van der Waals surface area contributed by atoms with E-state index in [1.165, 1.54) is 0 Å². The van der Waals surface area contributed by atoms with Crippen molar-refractivity contribution in [1.29, 1.82) is 0 Å². The summed E-state index contributed by atoms with van der Waals surface area (Å²) in [4.78, 5) is 4.35. The Morgan fingerprint density at radius 2 is 2.30 bits per heavy atom. The van der Waals surface area contributed by atoms with Gasteiger partial charge < -0.3 is 0 Å². The van der Waals surface area contributed by atoms with E-state index in [9.17, 15) is 0 Å². The maximum absolute atomic E-state index is 4.35. The molecule has 1 heterocycles. The minimum atomic E-state index is 1.02. The van der Waals surface area contributed by atoms with Crippen LogP contribution in [0.5, 0.6) is 0 Å². The first-order chi connectivity index (χ1) is 4.86. The molecule has 10 heavy (non-hydrogen) atoms. The van der Waals surface area contributed by atoms with Gasteiger partial charge in [-0.3, -0.25) is 4.98 Å². The zero-order valence-corrected chi connectivity index (χ0v) is 6.46. The van der Waals surface area contributed by atoms with E-state index in [1.54, 1.807) is 0 Å². The third-order valence-corrected chi connectivity index (χ3v) is 1.49. The van der Waals surface area contributed by atoms with Crippen LogP contribution in [0.3, 0.4) is 0 Å². The number of pyridine rings is 1. The number of aromatic nitrogens is 1. The highest BCUT2D eigenvalue weighted by atomic mass is 14.7. The second kappa shape index (κ2) is 3.35. The van der Waals surface area contributed by atoms with Crippen LogP contribution >= 0.6 is 0 Å². The van der Waals surface area contributed by atoms with Crippen molar-refractivity contribution in [2.45, 2.75) is 20.3 Å². The first-order valence-corrected chi connectivity index (χ1v) is 3.62. The van der Waals surface area contributed by atoms with Crippen LogP contribution in [-0.4, -0.2) is 4.98 Å². The molecule has 0 bridgehead atoms. The van der Waals surface area contributed by atoms with E-state index in [0.717, 1.165) is 17.8 Å². The van der Waals surface area contributed by atoms with E-state index in [4.69, 9.17) is 0 Å². The first-order valence-electron chi connectivity index (χ1n) is 3.62. The molecule has 0 fully saturated rings. The molecule has 53 valence electrons. The summed E-state index contributed by atoms with van der Waals surface area (Å²) >= 11 is 0. The maximum atomic E-state index is 4.35. The monoisotopic (exact) mass is 134 g/mol. The van der Waals surface area contributed by atoms with E-state index in [-0.39, 0.29) is 0 Å². The lowest BCUT2D eigenvalue weighted by molar-refractivity contribution is 1.01. The Hall–Kier alpha value is -0.850. The molecule has 1 radical (unpaired) electrons. The highest BCUT2D eigenvalue weighted by Gasteiger charge is 1.91. The van der Waals surface area contributed by atoms with Gasteiger partial charge in [-0.05, 0) is 18.6 Å². The Bertz CT molecular complexity index is 186. The van der Waals surface area contributed by atoms with Crippen LogP contribution in [0.25, 0.3) is 0 Å². The molecule has 0 aliphatic heterocycles. The van der Waals surface area contributed by atoms with E-state index >= 15 is 0 Å². The van der Waals surface area contributed by atoms with E-state index in [2.05, 4.69) is 11.9 Å². The topological polar surface area (TPSA) is 12.9 Å². The summed E-state index contributed by atoms with van der Waals surface area (Å²) in [6, 6.07) is 6.10. The van der Waals surface area contributed by atoms with Crippen molar-refractivity contribution >= 4 is 0 Å². The minimum Gasteiger partial charge on any atom is -0.258 e. The Kier molecular flexibility index (Phi) is 2.43. The fraction of sp³-hybridized carbons (Fsp3) is 0.333. The molecular formula is C9H12N. The molecule has 0 saturated heterocycles. The summed E-state index contributed by atoms with van der Waals surface area (Å²) < 4.78 is 0. The van der Waals surface area contributed by atoms with Gasteiger partial charge in [-0.25, -0.2) is 0 Å². The number of rotatable bonds is 2. The normalized spacial score (nSPS) is 9.80. The smallest absolute Gasteiger partial charge is 0.0441 e. The van der Waals surface area contributed by atoms with Crippen molar-refractivity contribution in [2.75, 3.05) is 0 Å². The highest BCUT2D eigenvalue weighted by Crippen LogP contribution is 2.01. The average Bonchev–Trinajstić information content (AvgIpc) is 2.05. The number of nitrogens with zero attached hydrogens (tertiary/aromatic N) is 1. The molecule has 1 heteroatoms. The summed E-state index contributed by atoms with van der Waals surface area (Å²) in [5.74, 6) is 0. The van der Waals surface area contributed by atoms with Gasteiger partial charge in [-0.1, -0.05) is 19.9 Å². The van der Waals surface area contributed by atoms with Crippen molar-refractivity contribution in [1.82, 2.24) is 4.98 Å². The second-order valence-corrected chi connectivity index (χ2v) is 2.20. The van der Waals surface area contributed by atoms with Gasteiger partial charge in [-0.2, -0.15) is 0 Å². The maximum Gasteiger partial charge on any atom is 0.0441 e. The van der Waals surface area contributed by atoms with Crippen LogP contribution in [0, 0.1) is 6.42 Å².